The van der Waals surface area contributed by atoms with Crippen LogP contribution in [-0.4, -0.2) is 34.2 Å². The van der Waals surface area contributed by atoms with Gasteiger partial charge in [-0.05, 0) is 5.92 Å². The fraction of sp³-hybridized carbons (Fsp3) is 0.636. The number of hydrogen-bond acceptors (Lipinski definition) is 4. The molecule has 0 aliphatic carbocycles. The van der Waals surface area contributed by atoms with Gasteiger partial charge in [-0.2, -0.15) is 0 Å². The standard InChI is InChI=1S/C6H10O3.C5H8O3/c1-4(2)3-5(7)6(8)9;1-4(3-6)2-5(7)8/h4H,3H2,1-2H3,(H,8,9);3-4H,2H2,1H3,(H,7,8). The molecule has 0 heterocycles. The van der Waals surface area contributed by atoms with Crippen molar-refractivity contribution in [3.8, 4) is 0 Å². The first kappa shape index (κ1) is 17.7. The van der Waals surface area contributed by atoms with E-state index >= 15 is 0 Å². The van der Waals surface area contributed by atoms with Gasteiger partial charge in [-0.25, -0.2) is 4.79 Å². The molecule has 0 spiro atoms. The molecular formula is C11H18O6. The first-order valence-electron chi connectivity index (χ1n) is 5.13. The summed E-state index contributed by atoms with van der Waals surface area (Å²) in [5.41, 5.74) is 0. The van der Waals surface area contributed by atoms with Gasteiger partial charge in [0, 0.05) is 12.3 Å². The van der Waals surface area contributed by atoms with Gasteiger partial charge in [0.25, 0.3) is 0 Å². The lowest BCUT2D eigenvalue weighted by molar-refractivity contribution is -0.149. The molecular weight excluding hydrogens is 228 g/mol. The van der Waals surface area contributed by atoms with Crippen LogP contribution in [0.25, 0.3) is 0 Å². The minimum atomic E-state index is -1.33. The van der Waals surface area contributed by atoms with Crippen molar-refractivity contribution in [3.63, 3.8) is 0 Å². The topological polar surface area (TPSA) is 109 Å². The van der Waals surface area contributed by atoms with Crippen LogP contribution in [0.4, 0.5) is 0 Å². The van der Waals surface area contributed by atoms with Gasteiger partial charge in [0.1, 0.15) is 6.29 Å². The molecule has 0 rings (SSSR count). The molecule has 0 bridgehead atoms. The highest BCUT2D eigenvalue weighted by molar-refractivity contribution is 6.32. The number of carbonyl (C=O) groups is 4. The van der Waals surface area contributed by atoms with E-state index in [2.05, 4.69) is 0 Å². The van der Waals surface area contributed by atoms with Crippen molar-refractivity contribution < 1.29 is 29.4 Å². The summed E-state index contributed by atoms with van der Waals surface area (Å²) in [7, 11) is 0. The molecule has 0 saturated heterocycles. The molecule has 0 aromatic carbocycles. The number of aliphatic carboxylic acids is 2. The van der Waals surface area contributed by atoms with Crippen LogP contribution < -0.4 is 0 Å². The Morgan fingerprint density at radius 1 is 1.06 bits per heavy atom. The summed E-state index contributed by atoms with van der Waals surface area (Å²) in [5, 5.41) is 16.1. The fourth-order valence-corrected chi connectivity index (χ4v) is 0.782. The van der Waals surface area contributed by atoms with E-state index in [4.69, 9.17) is 10.2 Å². The number of Topliss-reactive ketones (excluding diaryl/α,β-unsaturated/α-hetero) is 1. The van der Waals surface area contributed by atoms with E-state index in [9.17, 15) is 19.2 Å². The number of rotatable bonds is 6. The maximum Gasteiger partial charge on any atom is 0.372 e. The van der Waals surface area contributed by atoms with E-state index < -0.39 is 17.7 Å². The van der Waals surface area contributed by atoms with E-state index in [-0.39, 0.29) is 24.7 Å². The maximum atomic E-state index is 10.4. The molecule has 2 N–H and O–H groups in total. The van der Waals surface area contributed by atoms with Crippen molar-refractivity contribution in [2.45, 2.75) is 33.6 Å². The normalized spacial score (nSPS) is 11.1. The summed E-state index contributed by atoms with van der Waals surface area (Å²) in [6.07, 6.45) is 0.701. The van der Waals surface area contributed by atoms with Crippen LogP contribution >= 0.6 is 0 Å². The van der Waals surface area contributed by atoms with E-state index in [0.717, 1.165) is 0 Å². The SMILES string of the molecule is CC(C)CC(=O)C(=O)O.CC(C=O)CC(=O)O. The zero-order chi connectivity index (χ0) is 14.0. The third-order valence-corrected chi connectivity index (χ3v) is 1.56. The Labute approximate surface area is 99.6 Å². The Balaban J connectivity index is 0. The van der Waals surface area contributed by atoms with Crippen molar-refractivity contribution in [2.75, 3.05) is 0 Å². The number of carboxylic acids is 2. The smallest absolute Gasteiger partial charge is 0.372 e. The van der Waals surface area contributed by atoms with Crippen LogP contribution in [0.5, 0.6) is 0 Å². The van der Waals surface area contributed by atoms with Gasteiger partial charge >= 0.3 is 11.9 Å². The van der Waals surface area contributed by atoms with Gasteiger partial charge in [0.2, 0.25) is 5.78 Å². The van der Waals surface area contributed by atoms with Crippen molar-refractivity contribution in [2.24, 2.45) is 11.8 Å². The second-order valence-corrected chi connectivity index (χ2v) is 4.04. The van der Waals surface area contributed by atoms with Crippen LogP contribution in [0.3, 0.4) is 0 Å². The second kappa shape index (κ2) is 9.50. The molecule has 0 aromatic heterocycles. The molecule has 0 aliphatic heterocycles. The first-order valence-corrected chi connectivity index (χ1v) is 5.13. The molecule has 0 aliphatic rings. The average molecular weight is 246 g/mol. The van der Waals surface area contributed by atoms with Crippen molar-refractivity contribution in [3.05, 3.63) is 0 Å². The minimum absolute atomic E-state index is 0.0660. The second-order valence-electron chi connectivity index (χ2n) is 4.04. The van der Waals surface area contributed by atoms with Crippen molar-refractivity contribution in [1.82, 2.24) is 0 Å². The lowest BCUT2D eigenvalue weighted by atomic mass is 10.1. The highest BCUT2D eigenvalue weighted by atomic mass is 16.4. The van der Waals surface area contributed by atoms with Crippen molar-refractivity contribution >= 4 is 24.0 Å². The van der Waals surface area contributed by atoms with Crippen LogP contribution in [0, 0.1) is 11.8 Å². The van der Waals surface area contributed by atoms with Gasteiger partial charge in [-0.1, -0.05) is 20.8 Å². The number of carboxylic acid groups (broad SMARTS) is 2. The van der Waals surface area contributed by atoms with E-state index in [0.29, 0.717) is 6.29 Å². The number of aldehydes is 1. The highest BCUT2D eigenvalue weighted by Crippen LogP contribution is 1.99. The molecule has 0 saturated carbocycles. The first-order chi connectivity index (χ1) is 7.70. The summed E-state index contributed by atoms with van der Waals surface area (Å²) in [6.45, 7) is 5.18. The summed E-state index contributed by atoms with van der Waals surface area (Å²) < 4.78 is 0. The zero-order valence-electron chi connectivity index (χ0n) is 10.2. The fourth-order valence-electron chi connectivity index (χ4n) is 0.782. The Morgan fingerprint density at radius 3 is 1.65 bits per heavy atom. The van der Waals surface area contributed by atoms with E-state index in [1.807, 2.05) is 0 Å². The average Bonchev–Trinajstić information content (AvgIpc) is 2.16. The molecule has 1 unspecified atom stereocenters. The third kappa shape index (κ3) is 14.3. The summed E-state index contributed by atoms with van der Waals surface area (Å²) in [4.78, 5) is 39.8. The van der Waals surface area contributed by atoms with Crippen LogP contribution in [0.15, 0.2) is 0 Å². The molecule has 0 aromatic rings. The minimum Gasteiger partial charge on any atom is -0.481 e. The van der Waals surface area contributed by atoms with Gasteiger partial charge < -0.3 is 15.0 Å². The number of hydrogen-bond donors (Lipinski definition) is 2. The largest absolute Gasteiger partial charge is 0.481 e. The van der Waals surface area contributed by atoms with Gasteiger partial charge in [0.05, 0.1) is 6.42 Å². The molecule has 6 nitrogen and oxygen atoms in total. The Kier molecular flexibility index (Phi) is 9.88. The van der Waals surface area contributed by atoms with Gasteiger partial charge in [-0.15, -0.1) is 0 Å². The molecule has 0 amide bonds. The number of ketones is 1. The van der Waals surface area contributed by atoms with Crippen molar-refractivity contribution in [1.29, 1.82) is 0 Å². The predicted octanol–water partition coefficient (Wildman–Crippen LogP) is 0.982. The van der Waals surface area contributed by atoms with Gasteiger partial charge in [0.15, 0.2) is 0 Å². The van der Waals surface area contributed by atoms with E-state index in [1.165, 1.54) is 0 Å². The predicted molar refractivity (Wildman–Crippen MR) is 59.6 cm³/mol. The monoisotopic (exact) mass is 246 g/mol. The molecule has 0 fully saturated rings. The van der Waals surface area contributed by atoms with E-state index in [1.54, 1.807) is 20.8 Å². The molecule has 6 heteroatoms. The maximum absolute atomic E-state index is 10.4. The Hall–Kier alpha value is -1.72. The lowest BCUT2D eigenvalue weighted by Crippen LogP contribution is -2.14. The zero-order valence-corrected chi connectivity index (χ0v) is 10.2. The van der Waals surface area contributed by atoms with Crippen LogP contribution in [0.2, 0.25) is 0 Å². The molecule has 0 radical (unpaired) electrons. The quantitative estimate of drug-likeness (QED) is 0.534. The molecule has 17 heavy (non-hydrogen) atoms. The Bertz CT molecular complexity index is 282. The molecule has 1 atom stereocenters. The summed E-state index contributed by atoms with van der Waals surface area (Å²) in [6, 6.07) is 0. The highest BCUT2D eigenvalue weighted by Gasteiger charge is 2.11. The van der Waals surface area contributed by atoms with Crippen LogP contribution in [-0.2, 0) is 19.2 Å². The van der Waals surface area contributed by atoms with Crippen LogP contribution in [0.1, 0.15) is 33.6 Å². The molecule has 98 valence electrons. The number of carbonyl (C=O) groups excluding carboxylic acids is 2. The lowest BCUT2D eigenvalue weighted by Gasteiger charge is -1.97. The summed E-state index contributed by atoms with van der Waals surface area (Å²) in [5.74, 6) is -3.18. The summed E-state index contributed by atoms with van der Waals surface area (Å²) >= 11 is 0. The Morgan fingerprint density at radius 2 is 1.53 bits per heavy atom. The third-order valence-electron chi connectivity index (χ3n) is 1.56. The van der Waals surface area contributed by atoms with Gasteiger partial charge in [-0.3, -0.25) is 9.59 Å².